The molecule has 0 saturated heterocycles. The van der Waals surface area contributed by atoms with E-state index in [1.807, 2.05) is 0 Å². The van der Waals surface area contributed by atoms with Crippen LogP contribution in [0.15, 0.2) is 57.8 Å². The van der Waals surface area contributed by atoms with E-state index in [2.05, 4.69) is 20.0 Å². The van der Waals surface area contributed by atoms with E-state index in [-0.39, 0.29) is 12.5 Å². The molecular weight excluding hydrogens is 375 g/mol. The van der Waals surface area contributed by atoms with Gasteiger partial charge in [0.1, 0.15) is 0 Å². The van der Waals surface area contributed by atoms with Crippen LogP contribution in [0, 0.1) is 0 Å². The number of alkyl halides is 3. The molecular formula is C19H16F3N3O3. The molecule has 3 aromatic rings. The lowest BCUT2D eigenvalue weighted by Crippen LogP contribution is -2.34. The van der Waals surface area contributed by atoms with Crippen molar-refractivity contribution in [3.8, 4) is 11.1 Å². The number of carbonyl (C=O) groups excluding carboxylic acids is 1. The van der Waals surface area contributed by atoms with Gasteiger partial charge in [-0.05, 0) is 36.2 Å². The van der Waals surface area contributed by atoms with E-state index in [1.54, 1.807) is 31.2 Å². The number of halogens is 3. The Labute approximate surface area is 157 Å². The standard InChI is InChI=1S/C19H16F3N3O3/c1-11(10-16-24-18(27)28-25-16)23-17(26)15-5-3-2-4-14(15)12-6-8-13(9-7-12)19(20,21)22/h2-9,11H,10H2,1H3,(H,23,26)(H,24,25,27). The van der Waals surface area contributed by atoms with Crippen LogP contribution in [-0.2, 0) is 12.6 Å². The van der Waals surface area contributed by atoms with Crippen LogP contribution < -0.4 is 11.1 Å². The van der Waals surface area contributed by atoms with E-state index in [9.17, 15) is 22.8 Å². The number of aromatic nitrogens is 2. The molecule has 1 heterocycles. The number of nitrogens with zero attached hydrogens (tertiary/aromatic N) is 1. The Hall–Kier alpha value is -3.36. The summed E-state index contributed by atoms with van der Waals surface area (Å²) in [5, 5.41) is 6.32. The monoisotopic (exact) mass is 391 g/mol. The van der Waals surface area contributed by atoms with Crippen molar-refractivity contribution in [2.24, 2.45) is 0 Å². The summed E-state index contributed by atoms with van der Waals surface area (Å²) in [5.41, 5.74) is 0.569. The molecule has 3 rings (SSSR count). The highest BCUT2D eigenvalue weighted by molar-refractivity contribution is 6.01. The zero-order valence-electron chi connectivity index (χ0n) is 14.7. The Morgan fingerprint density at radius 1 is 1.18 bits per heavy atom. The van der Waals surface area contributed by atoms with E-state index in [1.165, 1.54) is 12.1 Å². The third kappa shape index (κ3) is 4.48. The zero-order chi connectivity index (χ0) is 20.3. The molecule has 1 aromatic heterocycles. The summed E-state index contributed by atoms with van der Waals surface area (Å²) in [6.07, 6.45) is -4.17. The van der Waals surface area contributed by atoms with Gasteiger partial charge in [-0.1, -0.05) is 35.5 Å². The Balaban J connectivity index is 1.79. The Bertz CT molecular complexity index is 1020. The number of nitrogens with one attached hydrogen (secondary N) is 2. The molecule has 0 aliphatic rings. The maximum Gasteiger partial charge on any atom is 0.438 e. The van der Waals surface area contributed by atoms with E-state index in [4.69, 9.17) is 0 Å². The summed E-state index contributed by atoms with van der Waals surface area (Å²) < 4.78 is 42.7. The van der Waals surface area contributed by atoms with Gasteiger partial charge in [-0.15, -0.1) is 0 Å². The number of H-pyrrole nitrogens is 1. The van der Waals surface area contributed by atoms with Crippen molar-refractivity contribution in [3.05, 3.63) is 76.0 Å². The molecule has 6 nitrogen and oxygen atoms in total. The normalized spacial score (nSPS) is 12.6. The van der Waals surface area contributed by atoms with Crippen LogP contribution >= 0.6 is 0 Å². The highest BCUT2D eigenvalue weighted by Gasteiger charge is 2.30. The largest absolute Gasteiger partial charge is 0.438 e. The molecule has 2 N–H and O–H groups in total. The van der Waals surface area contributed by atoms with Gasteiger partial charge in [-0.3, -0.25) is 14.3 Å². The van der Waals surface area contributed by atoms with Gasteiger partial charge < -0.3 is 5.32 Å². The van der Waals surface area contributed by atoms with Gasteiger partial charge in [-0.2, -0.15) is 13.2 Å². The summed E-state index contributed by atoms with van der Waals surface area (Å²) in [5.74, 6) is -0.774. The number of benzene rings is 2. The molecule has 9 heteroatoms. The fraction of sp³-hybridized carbons (Fsp3) is 0.211. The molecule has 0 bridgehead atoms. The van der Waals surface area contributed by atoms with Crippen molar-refractivity contribution in [1.82, 2.24) is 15.5 Å². The molecule has 146 valence electrons. The second-order valence-electron chi connectivity index (χ2n) is 6.24. The van der Waals surface area contributed by atoms with Crippen LogP contribution in [0.25, 0.3) is 11.1 Å². The Morgan fingerprint density at radius 2 is 1.86 bits per heavy atom. The van der Waals surface area contributed by atoms with Crippen molar-refractivity contribution in [3.63, 3.8) is 0 Å². The number of aromatic amines is 1. The second kappa shape index (κ2) is 7.71. The second-order valence-corrected chi connectivity index (χ2v) is 6.24. The topological polar surface area (TPSA) is 88.0 Å². The first-order valence-corrected chi connectivity index (χ1v) is 8.36. The maximum atomic E-state index is 12.8. The maximum absolute atomic E-state index is 12.8. The number of hydrogen-bond acceptors (Lipinski definition) is 4. The minimum atomic E-state index is -4.42. The molecule has 28 heavy (non-hydrogen) atoms. The fourth-order valence-corrected chi connectivity index (χ4v) is 2.76. The van der Waals surface area contributed by atoms with Crippen LogP contribution in [-0.4, -0.2) is 22.1 Å². The molecule has 0 fully saturated rings. The van der Waals surface area contributed by atoms with E-state index < -0.39 is 23.4 Å². The van der Waals surface area contributed by atoms with Crippen molar-refractivity contribution in [2.45, 2.75) is 25.6 Å². The first-order chi connectivity index (χ1) is 13.2. The molecule has 0 saturated carbocycles. The predicted octanol–water partition coefficient (Wildman–Crippen LogP) is 3.41. The van der Waals surface area contributed by atoms with Gasteiger partial charge in [-0.25, -0.2) is 4.79 Å². The fourth-order valence-electron chi connectivity index (χ4n) is 2.76. The number of rotatable bonds is 5. The van der Waals surface area contributed by atoms with Gasteiger partial charge in [0, 0.05) is 18.0 Å². The average molecular weight is 391 g/mol. The van der Waals surface area contributed by atoms with Crippen LogP contribution in [0.4, 0.5) is 13.2 Å². The Kier molecular flexibility index (Phi) is 5.34. The number of amides is 1. The molecule has 1 unspecified atom stereocenters. The summed E-state index contributed by atoms with van der Waals surface area (Å²) in [6, 6.07) is 10.9. The number of hydrogen-bond donors (Lipinski definition) is 2. The van der Waals surface area contributed by atoms with Gasteiger partial charge in [0.2, 0.25) is 0 Å². The Morgan fingerprint density at radius 3 is 2.46 bits per heavy atom. The smallest absolute Gasteiger partial charge is 0.349 e. The highest BCUT2D eigenvalue weighted by atomic mass is 19.4. The van der Waals surface area contributed by atoms with E-state index in [0.29, 0.717) is 22.5 Å². The predicted molar refractivity (Wildman–Crippen MR) is 94.6 cm³/mol. The van der Waals surface area contributed by atoms with E-state index >= 15 is 0 Å². The third-order valence-corrected chi connectivity index (χ3v) is 4.06. The summed E-state index contributed by atoms with van der Waals surface area (Å²) in [6.45, 7) is 1.73. The molecule has 1 amide bonds. The van der Waals surface area contributed by atoms with Gasteiger partial charge in [0.15, 0.2) is 5.82 Å². The summed E-state index contributed by atoms with van der Waals surface area (Å²) >= 11 is 0. The van der Waals surface area contributed by atoms with Crippen molar-refractivity contribution < 1.29 is 22.5 Å². The lowest BCUT2D eigenvalue weighted by atomic mass is 9.98. The first-order valence-electron chi connectivity index (χ1n) is 8.36. The highest BCUT2D eigenvalue weighted by Crippen LogP contribution is 2.31. The van der Waals surface area contributed by atoms with Gasteiger partial charge in [0.05, 0.1) is 5.56 Å². The quantitative estimate of drug-likeness (QED) is 0.698. The van der Waals surface area contributed by atoms with Gasteiger partial charge >= 0.3 is 11.9 Å². The summed E-state index contributed by atoms with van der Waals surface area (Å²) in [7, 11) is 0. The zero-order valence-corrected chi connectivity index (χ0v) is 14.7. The van der Waals surface area contributed by atoms with E-state index in [0.717, 1.165) is 12.1 Å². The van der Waals surface area contributed by atoms with Crippen LogP contribution in [0.3, 0.4) is 0 Å². The first kappa shape index (κ1) is 19.4. The minimum Gasteiger partial charge on any atom is -0.349 e. The van der Waals surface area contributed by atoms with Gasteiger partial charge in [0.25, 0.3) is 5.91 Å². The molecule has 0 aliphatic heterocycles. The molecule has 2 aromatic carbocycles. The van der Waals surface area contributed by atoms with Crippen LogP contribution in [0.2, 0.25) is 0 Å². The molecule has 0 spiro atoms. The van der Waals surface area contributed by atoms with Crippen molar-refractivity contribution in [1.29, 1.82) is 0 Å². The lowest BCUT2D eigenvalue weighted by Gasteiger charge is -2.15. The minimum absolute atomic E-state index is 0.250. The molecule has 0 radical (unpaired) electrons. The molecule has 0 aliphatic carbocycles. The number of carbonyl (C=O) groups is 1. The summed E-state index contributed by atoms with van der Waals surface area (Å²) in [4.78, 5) is 26.0. The molecule has 1 atom stereocenters. The van der Waals surface area contributed by atoms with Crippen molar-refractivity contribution >= 4 is 5.91 Å². The van der Waals surface area contributed by atoms with Crippen LogP contribution in [0.1, 0.15) is 28.7 Å². The SMILES string of the molecule is CC(Cc1noc(=O)[nH]1)NC(=O)c1ccccc1-c1ccc(C(F)(F)F)cc1. The van der Waals surface area contributed by atoms with Crippen LogP contribution in [0.5, 0.6) is 0 Å². The third-order valence-electron chi connectivity index (χ3n) is 4.06. The lowest BCUT2D eigenvalue weighted by molar-refractivity contribution is -0.137. The average Bonchev–Trinajstić information content (AvgIpc) is 3.05. The van der Waals surface area contributed by atoms with Crippen molar-refractivity contribution in [2.75, 3.05) is 0 Å².